The fraction of sp³-hybridized carbons (Fsp3) is 0.286. The van der Waals surface area contributed by atoms with Crippen LogP contribution in [0.3, 0.4) is 0 Å². The highest BCUT2D eigenvalue weighted by Gasteiger charge is 2.18. The number of hydrogen-bond acceptors (Lipinski definition) is 5. The van der Waals surface area contributed by atoms with E-state index in [9.17, 15) is 0 Å². The van der Waals surface area contributed by atoms with Gasteiger partial charge in [0.05, 0.1) is 6.04 Å². The summed E-state index contributed by atoms with van der Waals surface area (Å²) >= 11 is 7.25. The Kier molecular flexibility index (Phi) is 3.74. The number of fused-ring (bicyclic) bond motifs is 1. The molecule has 6 heteroatoms. The van der Waals surface area contributed by atoms with Gasteiger partial charge in [0.25, 0.3) is 0 Å². The average molecular weight is 308 g/mol. The van der Waals surface area contributed by atoms with Crippen molar-refractivity contribution >= 4 is 34.1 Å². The second-order valence-corrected chi connectivity index (χ2v) is 6.13. The number of furan rings is 1. The first-order valence-electron chi connectivity index (χ1n) is 6.30. The number of rotatable bonds is 4. The van der Waals surface area contributed by atoms with Gasteiger partial charge < -0.3 is 4.42 Å². The molecule has 0 amide bonds. The van der Waals surface area contributed by atoms with Crippen LogP contribution in [0.2, 0.25) is 4.34 Å². The van der Waals surface area contributed by atoms with Crippen LogP contribution >= 0.6 is 23.1 Å². The van der Waals surface area contributed by atoms with Crippen molar-refractivity contribution in [3.63, 3.8) is 0 Å². The maximum Gasteiger partial charge on any atom is 0.138 e. The highest BCUT2D eigenvalue weighted by atomic mass is 35.5. The molecular weight excluding hydrogens is 294 g/mol. The zero-order valence-electron chi connectivity index (χ0n) is 11.2. The van der Waals surface area contributed by atoms with Crippen LogP contribution < -0.4 is 0 Å². The minimum absolute atomic E-state index is 0.139. The normalized spacial score (nSPS) is 13.2. The van der Waals surface area contributed by atoms with Crippen molar-refractivity contribution in [1.82, 2.24) is 14.5 Å². The molecule has 2 heterocycles. The monoisotopic (exact) mass is 307 g/mol. The average Bonchev–Trinajstić information content (AvgIpc) is 3.04. The molecule has 104 valence electrons. The molecule has 0 aliphatic heterocycles. The maximum absolute atomic E-state index is 6.04. The molecule has 0 saturated carbocycles. The van der Waals surface area contributed by atoms with E-state index in [1.54, 1.807) is 0 Å². The van der Waals surface area contributed by atoms with Gasteiger partial charge in [-0.2, -0.15) is 0 Å². The van der Waals surface area contributed by atoms with Crippen LogP contribution in [0, 0.1) is 0 Å². The molecule has 1 unspecified atom stereocenters. The molecule has 0 N–H and O–H groups in total. The molecule has 0 radical (unpaired) electrons. The van der Waals surface area contributed by atoms with Gasteiger partial charge in [-0.1, -0.05) is 34.3 Å². The van der Waals surface area contributed by atoms with Crippen LogP contribution in [0.4, 0.5) is 0 Å². The van der Waals surface area contributed by atoms with Crippen LogP contribution in [0.5, 0.6) is 0 Å². The van der Waals surface area contributed by atoms with E-state index in [-0.39, 0.29) is 6.04 Å². The summed E-state index contributed by atoms with van der Waals surface area (Å²) in [5.41, 5.74) is 1.72. The van der Waals surface area contributed by atoms with E-state index in [1.165, 1.54) is 11.5 Å². The van der Waals surface area contributed by atoms with Crippen LogP contribution in [0.1, 0.15) is 24.4 Å². The molecule has 0 bridgehead atoms. The molecule has 1 aromatic carbocycles. The standard InChI is InChI=1S/C14H14ClN3OS/c1-9(18(2)8-11-14(15)20-17-16-11)13-7-10-5-3-4-6-12(10)19-13/h3-7,9H,8H2,1-2H3. The molecular formula is C14H14ClN3OS. The number of para-hydroxylation sites is 1. The van der Waals surface area contributed by atoms with Gasteiger partial charge in [-0.05, 0) is 26.1 Å². The molecule has 0 spiro atoms. The first-order valence-corrected chi connectivity index (χ1v) is 7.45. The summed E-state index contributed by atoms with van der Waals surface area (Å²) in [6.07, 6.45) is 0. The van der Waals surface area contributed by atoms with Crippen molar-refractivity contribution in [3.05, 3.63) is 46.1 Å². The number of benzene rings is 1. The number of halogens is 1. The first-order chi connectivity index (χ1) is 9.65. The van der Waals surface area contributed by atoms with E-state index in [2.05, 4.69) is 33.5 Å². The third-order valence-electron chi connectivity index (χ3n) is 3.43. The van der Waals surface area contributed by atoms with Gasteiger partial charge in [-0.3, -0.25) is 4.90 Å². The highest BCUT2D eigenvalue weighted by Crippen LogP contribution is 2.28. The first kappa shape index (κ1) is 13.5. The van der Waals surface area contributed by atoms with Crippen molar-refractivity contribution in [2.45, 2.75) is 19.5 Å². The molecule has 4 nitrogen and oxygen atoms in total. The Morgan fingerprint density at radius 3 is 2.90 bits per heavy atom. The molecule has 2 aromatic heterocycles. The van der Waals surface area contributed by atoms with Gasteiger partial charge in [0.15, 0.2) is 0 Å². The maximum atomic E-state index is 6.04. The highest BCUT2D eigenvalue weighted by molar-refractivity contribution is 7.10. The van der Waals surface area contributed by atoms with Crippen molar-refractivity contribution < 1.29 is 4.42 Å². The SMILES string of the molecule is CC(c1cc2ccccc2o1)N(C)Cc1nnsc1Cl. The number of nitrogens with zero attached hydrogens (tertiary/aromatic N) is 3. The minimum atomic E-state index is 0.139. The Bertz CT molecular complexity index is 691. The topological polar surface area (TPSA) is 42.2 Å². The van der Waals surface area contributed by atoms with Crippen LogP contribution in [0.25, 0.3) is 11.0 Å². The quantitative estimate of drug-likeness (QED) is 0.727. The van der Waals surface area contributed by atoms with Crippen molar-refractivity contribution in [2.75, 3.05) is 7.05 Å². The molecule has 0 saturated heterocycles. The van der Waals surface area contributed by atoms with Crippen molar-refractivity contribution in [3.8, 4) is 0 Å². The smallest absolute Gasteiger partial charge is 0.138 e. The molecule has 20 heavy (non-hydrogen) atoms. The summed E-state index contributed by atoms with van der Waals surface area (Å²) < 4.78 is 10.4. The zero-order chi connectivity index (χ0) is 14.1. The summed E-state index contributed by atoms with van der Waals surface area (Å²) in [5, 5.41) is 5.16. The van der Waals surface area contributed by atoms with Gasteiger partial charge in [0.2, 0.25) is 0 Å². The number of hydrogen-bond donors (Lipinski definition) is 0. The van der Waals surface area contributed by atoms with Crippen LogP contribution in [0.15, 0.2) is 34.7 Å². The van der Waals surface area contributed by atoms with Crippen LogP contribution in [-0.4, -0.2) is 21.5 Å². The van der Waals surface area contributed by atoms with Gasteiger partial charge in [-0.15, -0.1) is 5.10 Å². The number of aromatic nitrogens is 2. The Balaban J connectivity index is 1.80. The predicted molar refractivity (Wildman–Crippen MR) is 81.0 cm³/mol. The van der Waals surface area contributed by atoms with Gasteiger partial charge in [0.1, 0.15) is 21.4 Å². The van der Waals surface area contributed by atoms with E-state index < -0.39 is 0 Å². The molecule has 3 rings (SSSR count). The summed E-state index contributed by atoms with van der Waals surface area (Å²) in [6.45, 7) is 2.75. The Morgan fingerprint density at radius 2 is 2.20 bits per heavy atom. The molecule has 1 atom stereocenters. The van der Waals surface area contributed by atoms with E-state index in [0.29, 0.717) is 10.9 Å². The Labute approximate surface area is 126 Å². The lowest BCUT2D eigenvalue weighted by Crippen LogP contribution is -2.21. The van der Waals surface area contributed by atoms with E-state index in [0.717, 1.165) is 22.4 Å². The molecule has 0 aliphatic carbocycles. The largest absolute Gasteiger partial charge is 0.459 e. The van der Waals surface area contributed by atoms with Crippen molar-refractivity contribution in [1.29, 1.82) is 0 Å². The summed E-state index contributed by atoms with van der Waals surface area (Å²) in [6, 6.07) is 10.2. The third kappa shape index (κ3) is 2.57. The Hall–Kier alpha value is -1.43. The zero-order valence-corrected chi connectivity index (χ0v) is 12.8. The lowest BCUT2D eigenvalue weighted by Gasteiger charge is -2.21. The van der Waals surface area contributed by atoms with E-state index in [1.807, 2.05) is 25.2 Å². The Morgan fingerprint density at radius 1 is 1.40 bits per heavy atom. The minimum Gasteiger partial charge on any atom is -0.459 e. The molecule has 0 aliphatic rings. The second kappa shape index (κ2) is 5.52. The van der Waals surface area contributed by atoms with Crippen molar-refractivity contribution in [2.24, 2.45) is 0 Å². The fourth-order valence-corrected chi connectivity index (χ4v) is 2.70. The summed E-state index contributed by atoms with van der Waals surface area (Å²) in [4.78, 5) is 2.14. The summed E-state index contributed by atoms with van der Waals surface area (Å²) in [5.74, 6) is 0.938. The van der Waals surface area contributed by atoms with E-state index in [4.69, 9.17) is 16.0 Å². The molecule has 0 fully saturated rings. The third-order valence-corrected chi connectivity index (χ3v) is 4.41. The lowest BCUT2D eigenvalue weighted by atomic mass is 10.2. The van der Waals surface area contributed by atoms with Gasteiger partial charge in [-0.25, -0.2) is 0 Å². The second-order valence-electron chi connectivity index (χ2n) is 4.77. The van der Waals surface area contributed by atoms with E-state index >= 15 is 0 Å². The van der Waals surface area contributed by atoms with Gasteiger partial charge >= 0.3 is 0 Å². The van der Waals surface area contributed by atoms with Crippen LogP contribution in [-0.2, 0) is 6.54 Å². The lowest BCUT2D eigenvalue weighted by molar-refractivity contribution is 0.224. The summed E-state index contributed by atoms with van der Waals surface area (Å²) in [7, 11) is 2.02. The van der Waals surface area contributed by atoms with Gasteiger partial charge in [0, 0.05) is 23.5 Å². The molecule has 3 aromatic rings. The predicted octanol–water partition coefficient (Wildman–Crippen LogP) is 4.13. The fourth-order valence-electron chi connectivity index (χ4n) is 2.09.